The number of carbonyl (C=O) groups is 3. The minimum Gasteiger partial charge on any atom is -0.445 e. The second-order valence-corrected chi connectivity index (χ2v) is 12.0. The molecule has 1 heterocycles. The van der Waals surface area contributed by atoms with Crippen LogP contribution in [0.4, 0.5) is 4.79 Å². The zero-order valence-corrected chi connectivity index (χ0v) is 26.6. The summed E-state index contributed by atoms with van der Waals surface area (Å²) in [6.07, 6.45) is 2.67. The molecule has 1 aliphatic carbocycles. The molecular formula is C37H42N4O6. The molecule has 1 saturated carbocycles. The molecule has 0 bridgehead atoms. The zero-order chi connectivity index (χ0) is 33.0. The third-order valence-electron chi connectivity index (χ3n) is 8.21. The summed E-state index contributed by atoms with van der Waals surface area (Å²) in [4.78, 5) is 42.1. The first-order valence-corrected chi connectivity index (χ1v) is 16.1. The fourth-order valence-electron chi connectivity index (χ4n) is 5.52. The van der Waals surface area contributed by atoms with Crippen LogP contribution in [0, 0.1) is 6.92 Å². The summed E-state index contributed by atoms with van der Waals surface area (Å²) in [5.41, 5.74) is 4.36. The molecule has 0 radical (unpaired) electrons. The predicted octanol–water partition coefficient (Wildman–Crippen LogP) is 5.52. The van der Waals surface area contributed by atoms with Crippen LogP contribution in [0.3, 0.4) is 0 Å². The number of nitrogens with one attached hydrogen (secondary N) is 3. The van der Waals surface area contributed by atoms with Gasteiger partial charge in [0, 0.05) is 24.9 Å². The molecule has 5 rings (SSSR count). The molecule has 0 aliphatic heterocycles. The van der Waals surface area contributed by atoms with Crippen LogP contribution in [0.2, 0.25) is 0 Å². The quantitative estimate of drug-likeness (QED) is 0.118. The van der Waals surface area contributed by atoms with Crippen LogP contribution in [0.5, 0.6) is 0 Å². The molecule has 1 aliphatic rings. The van der Waals surface area contributed by atoms with E-state index in [1.165, 1.54) is 11.8 Å². The molecule has 0 saturated heterocycles. The van der Waals surface area contributed by atoms with E-state index in [-0.39, 0.29) is 48.4 Å². The van der Waals surface area contributed by atoms with Gasteiger partial charge in [-0.3, -0.25) is 9.59 Å². The monoisotopic (exact) mass is 638 g/mol. The van der Waals surface area contributed by atoms with Crippen molar-refractivity contribution in [1.29, 1.82) is 0 Å². The van der Waals surface area contributed by atoms with Gasteiger partial charge in [0.25, 0.3) is 5.91 Å². The Bertz CT molecular complexity index is 1610. The number of rotatable bonds is 16. The maximum absolute atomic E-state index is 13.0. The lowest BCUT2D eigenvalue weighted by Crippen LogP contribution is -2.40. The number of hydrogen-bond donors (Lipinski definition) is 4. The first-order valence-electron chi connectivity index (χ1n) is 16.1. The van der Waals surface area contributed by atoms with E-state index < -0.39 is 18.2 Å². The lowest BCUT2D eigenvalue weighted by molar-refractivity contribution is -0.123. The molecule has 1 fully saturated rings. The van der Waals surface area contributed by atoms with Crippen LogP contribution in [-0.4, -0.2) is 46.6 Å². The molecule has 10 heteroatoms. The van der Waals surface area contributed by atoms with Crippen molar-refractivity contribution in [2.45, 2.75) is 76.2 Å². The number of aryl methyl sites for hydroxylation is 2. The van der Waals surface area contributed by atoms with E-state index in [0.717, 1.165) is 23.1 Å². The van der Waals surface area contributed by atoms with Gasteiger partial charge in [-0.25, -0.2) is 9.78 Å². The fraction of sp³-hybridized carbons (Fsp3) is 0.351. The highest BCUT2D eigenvalue weighted by Gasteiger charge is 2.40. The molecular weight excluding hydrogens is 596 g/mol. The number of aliphatic hydroxyl groups excluding tert-OH is 1. The number of carbonyl (C=O) groups excluding carboxylic acids is 3. The third kappa shape index (κ3) is 10.3. The second kappa shape index (κ2) is 16.6. The van der Waals surface area contributed by atoms with Gasteiger partial charge in [-0.05, 0) is 55.7 Å². The lowest BCUT2D eigenvalue weighted by atomic mass is 9.99. The van der Waals surface area contributed by atoms with Crippen molar-refractivity contribution >= 4 is 17.9 Å². The average Bonchev–Trinajstić information content (AvgIpc) is 3.67. The topological polar surface area (TPSA) is 143 Å². The van der Waals surface area contributed by atoms with Gasteiger partial charge in [0.15, 0.2) is 11.8 Å². The maximum atomic E-state index is 13.0. The number of alkyl carbamates (subject to hydrolysis) is 1. The Balaban J connectivity index is 1.10. The van der Waals surface area contributed by atoms with E-state index in [1.807, 2.05) is 85.8 Å². The van der Waals surface area contributed by atoms with Crippen molar-refractivity contribution in [2.24, 2.45) is 0 Å². The van der Waals surface area contributed by atoms with E-state index in [2.05, 4.69) is 27.0 Å². The Morgan fingerprint density at radius 2 is 1.72 bits per heavy atom. The van der Waals surface area contributed by atoms with Crippen molar-refractivity contribution in [3.63, 3.8) is 0 Å². The van der Waals surface area contributed by atoms with Gasteiger partial charge in [-0.1, -0.05) is 90.5 Å². The number of oxazole rings is 1. The van der Waals surface area contributed by atoms with Crippen LogP contribution < -0.4 is 16.0 Å². The van der Waals surface area contributed by atoms with Gasteiger partial charge in [0.05, 0.1) is 6.04 Å². The van der Waals surface area contributed by atoms with Gasteiger partial charge in [-0.15, -0.1) is 0 Å². The lowest BCUT2D eigenvalue weighted by Gasteiger charge is -2.22. The van der Waals surface area contributed by atoms with Gasteiger partial charge in [-0.2, -0.15) is 0 Å². The maximum Gasteiger partial charge on any atom is 0.407 e. The summed E-state index contributed by atoms with van der Waals surface area (Å²) in [5.74, 6) is -0.371. The predicted molar refractivity (Wildman–Crippen MR) is 176 cm³/mol. The average molecular weight is 639 g/mol. The zero-order valence-electron chi connectivity index (χ0n) is 26.6. The van der Waals surface area contributed by atoms with E-state index in [1.54, 1.807) is 0 Å². The Morgan fingerprint density at radius 3 is 2.49 bits per heavy atom. The van der Waals surface area contributed by atoms with Crippen LogP contribution in [-0.2, 0) is 22.6 Å². The summed E-state index contributed by atoms with van der Waals surface area (Å²) in [5, 5.41) is 19.9. The Morgan fingerprint density at radius 1 is 0.979 bits per heavy atom. The van der Waals surface area contributed by atoms with Gasteiger partial charge >= 0.3 is 6.09 Å². The summed E-state index contributed by atoms with van der Waals surface area (Å²) < 4.78 is 10.8. The Labute approximate surface area is 274 Å². The molecule has 47 heavy (non-hydrogen) atoms. The van der Waals surface area contributed by atoms with Crippen LogP contribution in [0.15, 0.2) is 95.6 Å². The molecule has 3 amide bonds. The number of unbranched alkanes of at least 4 members (excludes halogenated alkanes) is 1. The molecule has 1 unspecified atom stereocenters. The largest absolute Gasteiger partial charge is 0.445 e. The third-order valence-corrected chi connectivity index (χ3v) is 8.21. The van der Waals surface area contributed by atoms with Crippen molar-refractivity contribution < 1.29 is 28.6 Å². The van der Waals surface area contributed by atoms with Crippen LogP contribution in [0.25, 0.3) is 0 Å². The molecule has 1 aromatic heterocycles. The van der Waals surface area contributed by atoms with Gasteiger partial charge < -0.3 is 30.2 Å². The summed E-state index contributed by atoms with van der Waals surface area (Å²) in [7, 11) is 0. The Kier molecular flexibility index (Phi) is 11.8. The normalized spacial score (nSPS) is 16.5. The van der Waals surface area contributed by atoms with E-state index in [4.69, 9.17) is 9.15 Å². The van der Waals surface area contributed by atoms with E-state index >= 15 is 0 Å². The molecule has 10 nitrogen and oxygen atoms in total. The Hall–Kier alpha value is -4.96. The molecule has 0 spiro atoms. The minimum absolute atomic E-state index is 0.0199. The molecule has 4 aromatic rings. The van der Waals surface area contributed by atoms with Gasteiger partial charge in [0.1, 0.15) is 12.9 Å². The number of benzene rings is 3. The van der Waals surface area contributed by atoms with Crippen molar-refractivity contribution in [3.8, 4) is 0 Å². The van der Waals surface area contributed by atoms with E-state index in [9.17, 15) is 19.5 Å². The molecule has 246 valence electrons. The van der Waals surface area contributed by atoms with Crippen LogP contribution in [0.1, 0.15) is 82.8 Å². The fourth-order valence-corrected chi connectivity index (χ4v) is 5.52. The first-order chi connectivity index (χ1) is 22.9. The first kappa shape index (κ1) is 33.4. The summed E-state index contributed by atoms with van der Waals surface area (Å²) in [6, 6.07) is 26.8. The minimum atomic E-state index is -1.26. The van der Waals surface area contributed by atoms with Crippen molar-refractivity contribution in [2.75, 3.05) is 6.54 Å². The highest BCUT2D eigenvalue weighted by atomic mass is 16.5. The van der Waals surface area contributed by atoms with Crippen LogP contribution >= 0.6 is 0 Å². The number of ether oxygens (including phenoxy) is 1. The van der Waals surface area contributed by atoms with Gasteiger partial charge in [0.2, 0.25) is 11.8 Å². The molecule has 3 aromatic carbocycles. The SMILES string of the molecule is Cc1cccc(CC[C@H](NC(=O)CCCCNC(=O)OCc2ccccc2)C(O)c2nc(C(=O)N[C@H]3C[C@@H]3c3ccccc3)co2)c1. The summed E-state index contributed by atoms with van der Waals surface area (Å²) in [6.45, 7) is 2.57. The number of hydrogen-bond acceptors (Lipinski definition) is 7. The number of aromatic nitrogens is 1. The molecule has 4 N–H and O–H groups in total. The smallest absolute Gasteiger partial charge is 0.407 e. The number of nitrogens with zero attached hydrogens (tertiary/aromatic N) is 1. The standard InChI is InChI=1S/C37H42N4O6/c1-25-11-10-14-26(21-25)18-19-30(39-33(42)17-8-9-20-38-37(45)47-23-27-12-4-2-5-13-27)34(43)36-41-32(24-46-36)35(44)40-31-22-29(31)28-15-6-3-7-16-28/h2-7,10-16,21,24,29-31,34,43H,8-9,17-20,22-23H2,1H3,(H,38,45)(H,39,42)(H,40,44)/t29-,30+,31+,34?/m1/s1. The highest BCUT2D eigenvalue weighted by Crippen LogP contribution is 2.40. The second-order valence-electron chi connectivity index (χ2n) is 12.0. The number of aliphatic hydroxyl groups is 1. The van der Waals surface area contributed by atoms with E-state index in [0.29, 0.717) is 32.2 Å². The van der Waals surface area contributed by atoms with Crippen molar-refractivity contribution in [1.82, 2.24) is 20.9 Å². The highest BCUT2D eigenvalue weighted by molar-refractivity contribution is 5.92. The van der Waals surface area contributed by atoms with Crippen molar-refractivity contribution in [3.05, 3.63) is 125 Å². The molecule has 4 atom stereocenters. The summed E-state index contributed by atoms with van der Waals surface area (Å²) >= 11 is 0. The number of amides is 3.